The average molecular weight is 378 g/mol. The molecule has 0 spiro atoms. The predicted octanol–water partition coefficient (Wildman–Crippen LogP) is 2.01. The van der Waals surface area contributed by atoms with E-state index in [4.69, 9.17) is 4.84 Å². The van der Waals surface area contributed by atoms with Crippen LogP contribution in [0, 0.1) is 10.1 Å². The molecule has 0 bridgehead atoms. The van der Waals surface area contributed by atoms with Crippen LogP contribution < -0.4 is 5.32 Å². The van der Waals surface area contributed by atoms with E-state index in [0.717, 1.165) is 11.9 Å². The molecular weight excluding hydrogens is 356 g/mol. The Bertz CT molecular complexity index is 708. The van der Waals surface area contributed by atoms with E-state index in [-0.39, 0.29) is 18.2 Å². The number of rotatable bonds is 8. The molecule has 1 N–H and O–H groups in total. The number of nitro benzene ring substituents is 1. The van der Waals surface area contributed by atoms with Crippen LogP contribution in [-0.2, 0) is 9.63 Å². The summed E-state index contributed by atoms with van der Waals surface area (Å²) in [7, 11) is 3.37. The highest BCUT2D eigenvalue weighted by atomic mass is 32.2. The van der Waals surface area contributed by atoms with Crippen LogP contribution in [0.2, 0.25) is 0 Å². The van der Waals surface area contributed by atoms with Crippen molar-refractivity contribution in [2.45, 2.75) is 10.9 Å². The molecule has 0 radical (unpaired) electrons. The molecule has 26 heavy (non-hydrogen) atoms. The lowest BCUT2D eigenvalue weighted by molar-refractivity contribution is -0.387. The molecule has 1 heterocycles. The summed E-state index contributed by atoms with van der Waals surface area (Å²) in [6.07, 6.45) is 3.40. The quantitative estimate of drug-likeness (QED) is 0.320. The second-order valence-corrected chi connectivity index (χ2v) is 6.70. The van der Waals surface area contributed by atoms with E-state index in [9.17, 15) is 14.9 Å². The van der Waals surface area contributed by atoms with Gasteiger partial charge >= 0.3 is 0 Å². The summed E-state index contributed by atoms with van der Waals surface area (Å²) in [5, 5.41) is 14.5. The lowest BCUT2D eigenvalue weighted by Crippen LogP contribution is -2.47. The number of hydrogen-bond donors (Lipinski definition) is 1. The maximum absolute atomic E-state index is 12.5. The van der Waals surface area contributed by atoms with Gasteiger partial charge in [-0.05, 0) is 18.0 Å². The van der Waals surface area contributed by atoms with Gasteiger partial charge in [-0.1, -0.05) is 24.3 Å². The monoisotopic (exact) mass is 378 g/mol. The molecule has 0 saturated carbocycles. The Hall–Kier alpha value is -2.20. The first-order valence-electron chi connectivity index (χ1n) is 8.02. The molecular formula is C17H22N4O4S. The molecule has 0 aliphatic carbocycles. The summed E-state index contributed by atoms with van der Waals surface area (Å²) < 4.78 is 1.53. The van der Waals surface area contributed by atoms with Crippen LogP contribution in [0.3, 0.4) is 0 Å². The SMILES string of the molecule is C=CCON(Sc1ccccc1[N+](=O)[O-])C1CNCC=C1C(=O)N(C)C. The highest BCUT2D eigenvalue weighted by Crippen LogP contribution is 2.34. The molecule has 0 saturated heterocycles. The van der Waals surface area contributed by atoms with E-state index in [2.05, 4.69) is 11.9 Å². The number of nitrogens with one attached hydrogen (secondary N) is 1. The number of amides is 1. The van der Waals surface area contributed by atoms with Crippen molar-refractivity contribution < 1.29 is 14.6 Å². The molecule has 9 heteroatoms. The number of nitrogens with zero attached hydrogens (tertiary/aromatic N) is 3. The summed E-state index contributed by atoms with van der Waals surface area (Å²) in [6.45, 7) is 4.92. The van der Waals surface area contributed by atoms with Crippen LogP contribution in [0.25, 0.3) is 0 Å². The molecule has 8 nitrogen and oxygen atoms in total. The summed E-state index contributed by atoms with van der Waals surface area (Å²) in [6, 6.07) is 6.03. The topological polar surface area (TPSA) is 88.0 Å². The Morgan fingerprint density at radius 3 is 2.88 bits per heavy atom. The zero-order valence-electron chi connectivity index (χ0n) is 14.8. The molecule has 0 fully saturated rings. The minimum Gasteiger partial charge on any atom is -0.345 e. The van der Waals surface area contributed by atoms with Crippen molar-refractivity contribution >= 4 is 23.5 Å². The molecule has 140 valence electrons. The van der Waals surface area contributed by atoms with Crippen LogP contribution in [0.4, 0.5) is 5.69 Å². The second kappa shape index (κ2) is 9.48. The minimum absolute atomic E-state index is 0.0158. The average Bonchev–Trinajstić information content (AvgIpc) is 2.64. The third-order valence-electron chi connectivity index (χ3n) is 3.64. The van der Waals surface area contributed by atoms with Gasteiger partial charge in [-0.3, -0.25) is 19.7 Å². The van der Waals surface area contributed by atoms with Gasteiger partial charge in [-0.15, -0.1) is 11.0 Å². The van der Waals surface area contributed by atoms with E-state index in [0.29, 0.717) is 23.6 Å². The lowest BCUT2D eigenvalue weighted by Gasteiger charge is -2.33. The second-order valence-electron chi connectivity index (χ2n) is 5.72. The van der Waals surface area contributed by atoms with Gasteiger partial charge in [0.1, 0.15) is 4.90 Å². The Kier molecular flexibility index (Phi) is 7.34. The van der Waals surface area contributed by atoms with Gasteiger partial charge in [0.2, 0.25) is 0 Å². The van der Waals surface area contributed by atoms with Crippen molar-refractivity contribution in [1.29, 1.82) is 0 Å². The Labute approximate surface area is 156 Å². The lowest BCUT2D eigenvalue weighted by atomic mass is 10.0. The van der Waals surface area contributed by atoms with Gasteiger partial charge in [0.25, 0.3) is 11.6 Å². The maximum Gasteiger partial charge on any atom is 0.284 e. The highest BCUT2D eigenvalue weighted by Gasteiger charge is 2.32. The zero-order chi connectivity index (χ0) is 19.1. The number of benzene rings is 1. The van der Waals surface area contributed by atoms with Crippen LogP contribution in [-0.4, -0.2) is 60.0 Å². The third kappa shape index (κ3) is 4.92. The van der Waals surface area contributed by atoms with Gasteiger partial charge in [0.05, 0.1) is 17.6 Å². The molecule has 2 rings (SSSR count). The summed E-state index contributed by atoms with van der Waals surface area (Å²) in [4.78, 5) is 31.0. The van der Waals surface area contributed by atoms with E-state index in [1.165, 1.54) is 15.4 Å². The fraction of sp³-hybridized carbons (Fsp3) is 0.353. The van der Waals surface area contributed by atoms with E-state index in [1.54, 1.807) is 38.4 Å². The molecule has 1 aliphatic rings. The summed E-state index contributed by atoms with van der Waals surface area (Å²) in [5.74, 6) is -0.119. The third-order valence-corrected chi connectivity index (χ3v) is 4.72. The molecule has 1 amide bonds. The molecule has 0 aromatic heterocycles. The standard InChI is InChI=1S/C17H22N4O4S/c1-4-11-25-21(26-16-8-6-5-7-14(16)20(23)24)15-12-18-10-9-13(15)17(22)19(2)3/h4-9,15,18H,1,10-12H2,2-3H3. The van der Waals surface area contributed by atoms with Crippen LogP contribution in [0.5, 0.6) is 0 Å². The van der Waals surface area contributed by atoms with Gasteiger partial charge < -0.3 is 10.2 Å². The first-order valence-corrected chi connectivity index (χ1v) is 8.80. The van der Waals surface area contributed by atoms with Crippen molar-refractivity contribution in [1.82, 2.24) is 14.7 Å². The van der Waals surface area contributed by atoms with Crippen molar-refractivity contribution in [3.8, 4) is 0 Å². The fourth-order valence-electron chi connectivity index (χ4n) is 2.41. The summed E-state index contributed by atoms with van der Waals surface area (Å²) >= 11 is 1.09. The zero-order valence-corrected chi connectivity index (χ0v) is 15.6. The number of carbonyl (C=O) groups excluding carboxylic acids is 1. The highest BCUT2D eigenvalue weighted by molar-refractivity contribution is 7.97. The molecule has 1 aromatic carbocycles. The fourth-order valence-corrected chi connectivity index (χ4v) is 3.41. The predicted molar refractivity (Wildman–Crippen MR) is 100 cm³/mol. The van der Waals surface area contributed by atoms with E-state index in [1.807, 2.05) is 6.08 Å². The number of para-hydroxylation sites is 1. The first-order chi connectivity index (χ1) is 12.5. The summed E-state index contributed by atoms with van der Waals surface area (Å²) in [5.41, 5.74) is 0.571. The van der Waals surface area contributed by atoms with Crippen LogP contribution in [0.15, 0.2) is 53.5 Å². The van der Waals surface area contributed by atoms with E-state index < -0.39 is 11.0 Å². The van der Waals surface area contributed by atoms with Crippen molar-refractivity contribution in [3.63, 3.8) is 0 Å². The van der Waals surface area contributed by atoms with E-state index >= 15 is 0 Å². The minimum atomic E-state index is -0.436. The van der Waals surface area contributed by atoms with Gasteiger partial charge in [0.15, 0.2) is 0 Å². The van der Waals surface area contributed by atoms with Crippen molar-refractivity contribution in [3.05, 3.63) is 58.7 Å². The molecule has 1 aromatic rings. The first kappa shape index (κ1) is 20.1. The molecule has 1 unspecified atom stereocenters. The van der Waals surface area contributed by atoms with Crippen LogP contribution >= 0.6 is 11.9 Å². The Morgan fingerprint density at radius 1 is 1.50 bits per heavy atom. The molecule has 1 atom stereocenters. The maximum atomic E-state index is 12.5. The van der Waals surface area contributed by atoms with Crippen molar-refractivity contribution in [2.75, 3.05) is 33.8 Å². The van der Waals surface area contributed by atoms with Crippen LogP contribution in [0.1, 0.15) is 0 Å². The Balaban J connectivity index is 2.33. The largest absolute Gasteiger partial charge is 0.345 e. The number of hydrogen-bond acceptors (Lipinski definition) is 7. The van der Waals surface area contributed by atoms with Crippen molar-refractivity contribution in [2.24, 2.45) is 0 Å². The number of likely N-dealkylation sites (N-methyl/N-ethyl adjacent to an activating group) is 1. The van der Waals surface area contributed by atoms with Gasteiger partial charge in [0, 0.05) is 38.8 Å². The van der Waals surface area contributed by atoms with Gasteiger partial charge in [-0.2, -0.15) is 0 Å². The normalized spacial score (nSPS) is 16.9. The molecule has 1 aliphatic heterocycles. The number of carbonyl (C=O) groups is 1. The smallest absolute Gasteiger partial charge is 0.284 e. The Morgan fingerprint density at radius 2 is 2.23 bits per heavy atom. The number of hydroxylamine groups is 1. The van der Waals surface area contributed by atoms with Gasteiger partial charge in [-0.25, -0.2) is 0 Å². The number of nitro groups is 1.